The lowest BCUT2D eigenvalue weighted by molar-refractivity contribution is -0.160. The number of hydrogen-bond acceptors (Lipinski definition) is 3. The molecule has 2 aliphatic rings. The van der Waals surface area contributed by atoms with Crippen molar-refractivity contribution in [3.8, 4) is 0 Å². The quantitative estimate of drug-likeness (QED) is 0.431. The van der Waals surface area contributed by atoms with E-state index in [2.05, 4.69) is 0 Å². The summed E-state index contributed by atoms with van der Waals surface area (Å²) in [6.07, 6.45) is 13.3. The van der Waals surface area contributed by atoms with E-state index in [1.54, 1.807) is 0 Å². The van der Waals surface area contributed by atoms with Crippen LogP contribution in [0.15, 0.2) is 11.6 Å². The predicted molar refractivity (Wildman–Crippen MR) is 73.5 cm³/mol. The molecule has 0 bridgehead atoms. The standard InChI is InChI=1S/C16H24O3/c17-15(13-9-5-1-2-6-10-13)19-16(18)14-11-7-3-4-8-12-14/h9,14H,1-8,10-12H2. The van der Waals surface area contributed by atoms with Gasteiger partial charge in [0.1, 0.15) is 0 Å². The molecule has 0 saturated heterocycles. The van der Waals surface area contributed by atoms with Gasteiger partial charge in [0, 0.05) is 5.57 Å². The van der Waals surface area contributed by atoms with Crippen LogP contribution in [0.1, 0.15) is 70.6 Å². The molecule has 0 atom stereocenters. The summed E-state index contributed by atoms with van der Waals surface area (Å²) in [4.78, 5) is 24.0. The van der Waals surface area contributed by atoms with Crippen LogP contribution in [0.5, 0.6) is 0 Å². The van der Waals surface area contributed by atoms with Crippen molar-refractivity contribution in [3.05, 3.63) is 11.6 Å². The van der Waals surface area contributed by atoms with Crippen molar-refractivity contribution in [3.63, 3.8) is 0 Å². The molecule has 19 heavy (non-hydrogen) atoms. The van der Waals surface area contributed by atoms with Crippen LogP contribution in [0.25, 0.3) is 0 Å². The third-order valence-corrected chi connectivity index (χ3v) is 4.18. The first-order chi connectivity index (χ1) is 9.27. The first-order valence-electron chi connectivity index (χ1n) is 7.72. The van der Waals surface area contributed by atoms with Gasteiger partial charge in [0.2, 0.25) is 0 Å². The van der Waals surface area contributed by atoms with Gasteiger partial charge in [-0.15, -0.1) is 0 Å². The summed E-state index contributed by atoms with van der Waals surface area (Å²) < 4.78 is 5.09. The Hall–Kier alpha value is -1.12. The minimum absolute atomic E-state index is 0.0576. The second-order valence-corrected chi connectivity index (χ2v) is 5.73. The molecular formula is C16H24O3. The molecule has 1 saturated carbocycles. The second-order valence-electron chi connectivity index (χ2n) is 5.73. The highest BCUT2D eigenvalue weighted by Crippen LogP contribution is 2.25. The lowest BCUT2D eigenvalue weighted by atomic mass is 10.0. The van der Waals surface area contributed by atoms with Crippen molar-refractivity contribution in [2.75, 3.05) is 0 Å². The van der Waals surface area contributed by atoms with Crippen molar-refractivity contribution in [2.24, 2.45) is 5.92 Å². The zero-order valence-electron chi connectivity index (χ0n) is 11.7. The van der Waals surface area contributed by atoms with Crippen LogP contribution in [-0.4, -0.2) is 11.9 Å². The van der Waals surface area contributed by atoms with Crippen molar-refractivity contribution < 1.29 is 14.3 Å². The molecule has 0 unspecified atom stereocenters. The molecule has 0 aromatic carbocycles. The van der Waals surface area contributed by atoms with Crippen molar-refractivity contribution >= 4 is 11.9 Å². The third kappa shape index (κ3) is 4.48. The van der Waals surface area contributed by atoms with Gasteiger partial charge in [-0.05, 0) is 38.5 Å². The average molecular weight is 264 g/mol. The Morgan fingerprint density at radius 1 is 0.947 bits per heavy atom. The van der Waals surface area contributed by atoms with E-state index in [0.29, 0.717) is 5.57 Å². The highest BCUT2D eigenvalue weighted by atomic mass is 16.6. The zero-order valence-corrected chi connectivity index (χ0v) is 11.7. The topological polar surface area (TPSA) is 43.4 Å². The predicted octanol–water partition coefficient (Wildman–Crippen LogP) is 3.92. The van der Waals surface area contributed by atoms with Gasteiger partial charge in [-0.1, -0.05) is 38.2 Å². The number of hydrogen-bond donors (Lipinski definition) is 0. The molecule has 1 fully saturated rings. The summed E-state index contributed by atoms with van der Waals surface area (Å²) in [6.45, 7) is 0. The van der Waals surface area contributed by atoms with Gasteiger partial charge < -0.3 is 4.74 Å². The molecule has 0 aromatic heterocycles. The van der Waals surface area contributed by atoms with E-state index in [1.165, 1.54) is 12.8 Å². The molecule has 0 spiro atoms. The molecule has 2 rings (SSSR count). The van der Waals surface area contributed by atoms with Crippen LogP contribution in [0.4, 0.5) is 0 Å². The number of carbonyl (C=O) groups is 2. The normalized spacial score (nSPS) is 22.0. The molecule has 0 aromatic rings. The number of rotatable bonds is 2. The fourth-order valence-electron chi connectivity index (χ4n) is 2.96. The maximum atomic E-state index is 12.0. The summed E-state index contributed by atoms with van der Waals surface area (Å²) in [5.41, 5.74) is 0.708. The molecule has 0 aliphatic heterocycles. The Labute approximate surface area is 115 Å². The number of carbonyl (C=O) groups excluding carboxylic acids is 2. The van der Waals surface area contributed by atoms with Gasteiger partial charge in [-0.2, -0.15) is 0 Å². The second kappa shape index (κ2) is 7.46. The highest BCUT2D eigenvalue weighted by molar-refractivity contribution is 5.96. The molecule has 0 heterocycles. The molecule has 106 valence electrons. The average Bonchev–Trinajstić information content (AvgIpc) is 2.83. The fourth-order valence-corrected chi connectivity index (χ4v) is 2.96. The lowest BCUT2D eigenvalue weighted by Gasteiger charge is -2.12. The molecule has 0 amide bonds. The molecule has 0 N–H and O–H groups in total. The van der Waals surface area contributed by atoms with Crippen LogP contribution in [-0.2, 0) is 14.3 Å². The van der Waals surface area contributed by atoms with E-state index in [0.717, 1.165) is 57.8 Å². The summed E-state index contributed by atoms with van der Waals surface area (Å²) in [6, 6.07) is 0. The number of esters is 2. The smallest absolute Gasteiger partial charge is 0.341 e. The van der Waals surface area contributed by atoms with Gasteiger partial charge in [0.25, 0.3) is 0 Å². The Morgan fingerprint density at radius 2 is 1.63 bits per heavy atom. The van der Waals surface area contributed by atoms with E-state index < -0.39 is 5.97 Å². The summed E-state index contributed by atoms with van der Waals surface area (Å²) in [5.74, 6) is -0.744. The molecule has 3 heteroatoms. The van der Waals surface area contributed by atoms with E-state index >= 15 is 0 Å². The van der Waals surface area contributed by atoms with Gasteiger partial charge in [-0.25, -0.2) is 4.79 Å². The van der Waals surface area contributed by atoms with E-state index in [4.69, 9.17) is 4.74 Å². The largest absolute Gasteiger partial charge is 0.389 e. The molecule has 2 aliphatic carbocycles. The van der Waals surface area contributed by atoms with Crippen molar-refractivity contribution in [2.45, 2.75) is 70.6 Å². The highest BCUT2D eigenvalue weighted by Gasteiger charge is 2.25. The Balaban J connectivity index is 1.86. The minimum atomic E-state index is -0.392. The van der Waals surface area contributed by atoms with Gasteiger partial charge in [0.15, 0.2) is 0 Å². The van der Waals surface area contributed by atoms with Gasteiger partial charge >= 0.3 is 11.9 Å². The zero-order chi connectivity index (χ0) is 13.5. The lowest BCUT2D eigenvalue weighted by Crippen LogP contribution is -2.22. The first-order valence-corrected chi connectivity index (χ1v) is 7.72. The maximum Gasteiger partial charge on any atom is 0.341 e. The Kier molecular flexibility index (Phi) is 5.62. The van der Waals surface area contributed by atoms with Gasteiger partial charge in [0.05, 0.1) is 5.92 Å². The van der Waals surface area contributed by atoms with E-state index in [9.17, 15) is 9.59 Å². The van der Waals surface area contributed by atoms with E-state index in [1.807, 2.05) is 6.08 Å². The molecule has 3 nitrogen and oxygen atoms in total. The third-order valence-electron chi connectivity index (χ3n) is 4.18. The Bertz CT molecular complexity index is 349. The molecular weight excluding hydrogens is 240 g/mol. The number of ether oxygens (including phenoxy) is 1. The summed E-state index contributed by atoms with van der Waals surface area (Å²) >= 11 is 0. The van der Waals surface area contributed by atoms with Crippen LogP contribution >= 0.6 is 0 Å². The van der Waals surface area contributed by atoms with Crippen molar-refractivity contribution in [1.82, 2.24) is 0 Å². The Morgan fingerprint density at radius 3 is 2.37 bits per heavy atom. The van der Waals surface area contributed by atoms with Crippen LogP contribution in [0, 0.1) is 5.92 Å². The molecule has 0 radical (unpaired) electrons. The fraction of sp³-hybridized carbons (Fsp3) is 0.750. The maximum absolute atomic E-state index is 12.0. The van der Waals surface area contributed by atoms with Crippen molar-refractivity contribution in [1.29, 1.82) is 0 Å². The first kappa shape index (κ1) is 14.3. The van der Waals surface area contributed by atoms with Crippen LogP contribution in [0.2, 0.25) is 0 Å². The van der Waals surface area contributed by atoms with Gasteiger partial charge in [-0.3, -0.25) is 4.79 Å². The van der Waals surface area contributed by atoms with Crippen LogP contribution < -0.4 is 0 Å². The van der Waals surface area contributed by atoms with E-state index in [-0.39, 0.29) is 11.9 Å². The SMILES string of the molecule is O=C(OC(=O)C1CCCCCC1)C1=CCCCCC1. The monoisotopic (exact) mass is 264 g/mol. The minimum Gasteiger partial charge on any atom is -0.389 e. The summed E-state index contributed by atoms with van der Waals surface area (Å²) in [5, 5.41) is 0. The van der Waals surface area contributed by atoms with Crippen LogP contribution in [0.3, 0.4) is 0 Å². The number of allylic oxidation sites excluding steroid dienone is 1. The summed E-state index contributed by atoms with van der Waals surface area (Å²) in [7, 11) is 0.